The molecule has 5 heteroatoms. The minimum Gasteiger partial charge on any atom is -0.389 e. The third-order valence-electron chi connectivity index (χ3n) is 4.56. The van der Waals surface area contributed by atoms with Gasteiger partial charge in [0, 0.05) is 6.42 Å². The Morgan fingerprint density at radius 2 is 1.59 bits per heavy atom. The molecule has 3 aliphatic rings. The van der Waals surface area contributed by atoms with Crippen LogP contribution in [0.4, 0.5) is 0 Å². The molecule has 0 aromatic carbocycles. The van der Waals surface area contributed by atoms with Gasteiger partial charge in [0.05, 0.1) is 37.1 Å². The van der Waals surface area contributed by atoms with Gasteiger partial charge in [0.15, 0.2) is 0 Å². The van der Waals surface area contributed by atoms with Gasteiger partial charge in [0.2, 0.25) is 0 Å². The summed E-state index contributed by atoms with van der Waals surface area (Å²) in [5.74, 6) is 3.15. The van der Waals surface area contributed by atoms with E-state index in [0.29, 0.717) is 12.5 Å². The average Bonchev–Trinajstić information content (AvgIpc) is 2.99. The van der Waals surface area contributed by atoms with Crippen molar-refractivity contribution in [2.45, 2.75) is 88.4 Å². The Labute approximate surface area is 134 Å². The molecule has 0 bridgehead atoms. The second-order valence-corrected chi connectivity index (χ2v) is 12.5. The molecule has 6 atom stereocenters. The molecule has 3 aliphatic heterocycles. The minimum absolute atomic E-state index is 0.0826. The lowest BCUT2D eigenvalue weighted by molar-refractivity contribution is -0.0932. The highest BCUT2D eigenvalue weighted by molar-refractivity contribution is 6.83. The van der Waals surface area contributed by atoms with E-state index >= 15 is 0 Å². The zero-order valence-corrected chi connectivity index (χ0v) is 14.9. The van der Waals surface area contributed by atoms with Crippen molar-refractivity contribution in [3.63, 3.8) is 0 Å². The average molecular weight is 324 g/mol. The molecule has 3 fully saturated rings. The lowest BCUT2D eigenvalue weighted by Gasteiger charge is -2.22. The molecule has 22 heavy (non-hydrogen) atoms. The molecule has 3 heterocycles. The summed E-state index contributed by atoms with van der Waals surface area (Å²) in [7, 11) is -1.36. The fraction of sp³-hybridized carbons (Fsp3) is 0.882. The van der Waals surface area contributed by atoms with E-state index < -0.39 is 14.2 Å². The Hall–Kier alpha value is -0.383. The number of hydrogen-bond acceptors (Lipinski definition) is 4. The first kappa shape index (κ1) is 16.5. The molecule has 0 aromatic heterocycles. The summed E-state index contributed by atoms with van der Waals surface area (Å²) in [6, 6.07) is 0. The van der Waals surface area contributed by atoms with Crippen molar-refractivity contribution in [2.24, 2.45) is 0 Å². The molecule has 4 nitrogen and oxygen atoms in total. The zero-order chi connectivity index (χ0) is 15.7. The van der Waals surface area contributed by atoms with Crippen molar-refractivity contribution in [1.82, 2.24) is 0 Å². The van der Waals surface area contributed by atoms with Gasteiger partial charge in [-0.2, -0.15) is 0 Å². The third-order valence-corrected chi connectivity index (χ3v) is 5.49. The normalized spacial score (nSPS) is 39.4. The quantitative estimate of drug-likeness (QED) is 0.489. The number of hydrogen-bond donors (Lipinski definition) is 1. The summed E-state index contributed by atoms with van der Waals surface area (Å²) in [5, 5.41) is 10.3. The molecule has 3 saturated heterocycles. The van der Waals surface area contributed by atoms with Gasteiger partial charge >= 0.3 is 0 Å². The molecular formula is C17H28O4Si. The van der Waals surface area contributed by atoms with Crippen LogP contribution in [0.2, 0.25) is 19.6 Å². The zero-order valence-electron chi connectivity index (χ0n) is 13.9. The SMILES string of the molecule is C[Si](C)(C)C#CC[C@@H](O)[C@H]1CC[C@H]([C@H]2CC[C@H]([C@@H]3CO3)O2)O1. The smallest absolute Gasteiger partial charge is 0.129 e. The maximum Gasteiger partial charge on any atom is 0.129 e. The second kappa shape index (κ2) is 6.62. The van der Waals surface area contributed by atoms with Crippen molar-refractivity contribution in [2.75, 3.05) is 6.61 Å². The van der Waals surface area contributed by atoms with E-state index in [4.69, 9.17) is 14.2 Å². The van der Waals surface area contributed by atoms with Gasteiger partial charge < -0.3 is 19.3 Å². The van der Waals surface area contributed by atoms with Crippen molar-refractivity contribution >= 4 is 8.07 Å². The fourth-order valence-corrected chi connectivity index (χ4v) is 3.94. The molecule has 0 aromatic rings. The van der Waals surface area contributed by atoms with Gasteiger partial charge in [0.1, 0.15) is 14.2 Å². The number of ether oxygens (including phenoxy) is 3. The Kier molecular flexibility index (Phi) is 4.96. The van der Waals surface area contributed by atoms with E-state index in [-0.39, 0.29) is 24.4 Å². The lowest BCUT2D eigenvalue weighted by Crippen LogP contribution is -2.31. The molecule has 3 rings (SSSR count). The molecule has 0 amide bonds. The highest BCUT2D eigenvalue weighted by atomic mass is 28.3. The van der Waals surface area contributed by atoms with Crippen LogP contribution in [-0.4, -0.2) is 56.4 Å². The summed E-state index contributed by atoms with van der Waals surface area (Å²) >= 11 is 0. The van der Waals surface area contributed by atoms with Gasteiger partial charge in [-0.3, -0.25) is 0 Å². The molecule has 124 valence electrons. The minimum atomic E-state index is -1.36. The fourth-order valence-electron chi connectivity index (χ4n) is 3.30. The van der Waals surface area contributed by atoms with E-state index in [9.17, 15) is 5.11 Å². The monoisotopic (exact) mass is 324 g/mol. The Morgan fingerprint density at radius 1 is 1.00 bits per heavy atom. The van der Waals surface area contributed by atoms with E-state index in [1.807, 2.05) is 0 Å². The molecule has 1 N–H and O–H groups in total. The Balaban J connectivity index is 1.44. The highest BCUT2D eigenvalue weighted by Gasteiger charge is 2.44. The third kappa shape index (κ3) is 4.33. The van der Waals surface area contributed by atoms with Crippen LogP contribution in [0.3, 0.4) is 0 Å². The first-order valence-corrected chi connectivity index (χ1v) is 12.0. The molecule has 0 aliphatic carbocycles. The van der Waals surface area contributed by atoms with Crippen LogP contribution < -0.4 is 0 Å². The molecular weight excluding hydrogens is 296 g/mol. The first-order valence-electron chi connectivity index (χ1n) is 8.53. The number of aliphatic hydroxyl groups excluding tert-OH is 1. The number of epoxide rings is 1. The van der Waals surface area contributed by atoms with Crippen molar-refractivity contribution < 1.29 is 19.3 Å². The Morgan fingerprint density at radius 3 is 2.23 bits per heavy atom. The van der Waals surface area contributed by atoms with Crippen molar-refractivity contribution in [3.8, 4) is 11.5 Å². The topological polar surface area (TPSA) is 51.2 Å². The van der Waals surface area contributed by atoms with Crippen LogP contribution in [0.15, 0.2) is 0 Å². The second-order valence-electron chi connectivity index (χ2n) is 7.78. The van der Waals surface area contributed by atoms with Gasteiger partial charge in [-0.05, 0) is 25.7 Å². The number of aliphatic hydroxyl groups is 1. The van der Waals surface area contributed by atoms with Crippen LogP contribution in [0, 0.1) is 11.5 Å². The van der Waals surface area contributed by atoms with Gasteiger partial charge in [-0.1, -0.05) is 19.6 Å². The molecule has 0 unspecified atom stereocenters. The van der Waals surface area contributed by atoms with Crippen LogP contribution >= 0.6 is 0 Å². The summed E-state index contributed by atoms with van der Waals surface area (Å²) in [6.45, 7) is 7.49. The van der Waals surface area contributed by atoms with E-state index in [1.165, 1.54) is 0 Å². The maximum absolute atomic E-state index is 10.3. The van der Waals surface area contributed by atoms with Crippen LogP contribution in [0.25, 0.3) is 0 Å². The largest absolute Gasteiger partial charge is 0.389 e. The maximum atomic E-state index is 10.3. The molecule has 0 saturated carbocycles. The highest BCUT2D eigenvalue weighted by Crippen LogP contribution is 2.36. The van der Waals surface area contributed by atoms with Crippen LogP contribution in [0.1, 0.15) is 32.1 Å². The molecule has 0 radical (unpaired) electrons. The van der Waals surface area contributed by atoms with Crippen LogP contribution in [0.5, 0.6) is 0 Å². The van der Waals surface area contributed by atoms with E-state index in [0.717, 1.165) is 32.3 Å². The van der Waals surface area contributed by atoms with Crippen molar-refractivity contribution in [3.05, 3.63) is 0 Å². The van der Waals surface area contributed by atoms with E-state index in [2.05, 4.69) is 31.1 Å². The van der Waals surface area contributed by atoms with E-state index in [1.54, 1.807) is 0 Å². The standard InChI is InChI=1S/C17H28O4Si/c1-22(2,3)10-4-5-12(18)13-6-7-14(20-13)15-8-9-16(21-15)17-11-19-17/h12-18H,5-9,11H2,1-3H3/t12-,13-,14-,15-,16-,17+/m1/s1. The van der Waals surface area contributed by atoms with Crippen LogP contribution in [-0.2, 0) is 14.2 Å². The molecule has 0 spiro atoms. The first-order chi connectivity index (χ1) is 10.4. The summed E-state index contributed by atoms with van der Waals surface area (Å²) in [4.78, 5) is 0. The van der Waals surface area contributed by atoms with Gasteiger partial charge in [0.25, 0.3) is 0 Å². The Bertz CT molecular complexity index is 446. The predicted molar refractivity (Wildman–Crippen MR) is 87.3 cm³/mol. The van der Waals surface area contributed by atoms with Gasteiger partial charge in [-0.25, -0.2) is 0 Å². The summed E-state index contributed by atoms with van der Waals surface area (Å²) in [6.07, 6.45) is 4.87. The van der Waals surface area contributed by atoms with Crippen molar-refractivity contribution in [1.29, 1.82) is 0 Å². The predicted octanol–water partition coefficient (Wildman–Crippen LogP) is 2.11. The summed E-state index contributed by atoms with van der Waals surface area (Å²) < 4.78 is 17.5. The summed E-state index contributed by atoms with van der Waals surface area (Å²) in [5.41, 5.74) is 3.30. The van der Waals surface area contributed by atoms with Gasteiger partial charge in [-0.15, -0.1) is 11.5 Å². The lowest BCUT2D eigenvalue weighted by atomic mass is 10.0. The number of rotatable bonds is 4.